The lowest BCUT2D eigenvalue weighted by Crippen LogP contribution is -1.98. The third kappa shape index (κ3) is 2.22. The van der Waals surface area contributed by atoms with E-state index in [0.29, 0.717) is 11.0 Å². The molecule has 0 bridgehead atoms. The van der Waals surface area contributed by atoms with Gasteiger partial charge in [-0.1, -0.05) is 15.9 Å². The molecule has 13 heavy (non-hydrogen) atoms. The van der Waals surface area contributed by atoms with Gasteiger partial charge < -0.3 is 0 Å². The molecule has 0 spiro atoms. The van der Waals surface area contributed by atoms with E-state index < -0.39 is 17.8 Å². The van der Waals surface area contributed by atoms with Gasteiger partial charge in [0.2, 0.25) is 0 Å². The van der Waals surface area contributed by atoms with Crippen LogP contribution in [0.1, 0.15) is 17.7 Å². The monoisotopic (exact) mass is 317 g/mol. The van der Waals surface area contributed by atoms with Gasteiger partial charge in [-0.2, -0.15) is 0 Å². The van der Waals surface area contributed by atoms with Crippen LogP contribution in [-0.2, 0) is 5.33 Å². The van der Waals surface area contributed by atoms with Crippen molar-refractivity contribution < 1.29 is 13.2 Å². The second kappa shape index (κ2) is 4.41. The number of halogens is 5. The van der Waals surface area contributed by atoms with E-state index in [-0.39, 0.29) is 4.47 Å². The Morgan fingerprint density at radius 3 is 2.54 bits per heavy atom. The molecule has 0 aliphatic heterocycles. The average Bonchev–Trinajstić information content (AvgIpc) is 2.09. The number of nitrogens with zero attached hydrogens (tertiary/aromatic N) is 1. The first kappa shape index (κ1) is 11.0. The summed E-state index contributed by atoms with van der Waals surface area (Å²) in [4.78, 5) is 3.67. The molecule has 0 saturated carbocycles. The van der Waals surface area contributed by atoms with Gasteiger partial charge in [0.15, 0.2) is 0 Å². The summed E-state index contributed by atoms with van der Waals surface area (Å²) in [6, 6.07) is 0. The van der Waals surface area contributed by atoms with E-state index in [4.69, 9.17) is 0 Å². The number of pyridine rings is 1. The van der Waals surface area contributed by atoms with Crippen LogP contribution in [0.3, 0.4) is 0 Å². The first-order chi connectivity index (χ1) is 6.07. The summed E-state index contributed by atoms with van der Waals surface area (Å²) < 4.78 is 37.4. The molecule has 0 fully saturated rings. The molecule has 1 rings (SSSR count). The number of hydrogen-bond donors (Lipinski definition) is 0. The third-order valence-electron chi connectivity index (χ3n) is 1.42. The molecule has 1 aromatic heterocycles. The van der Waals surface area contributed by atoms with Gasteiger partial charge in [0.05, 0.1) is 15.7 Å². The van der Waals surface area contributed by atoms with Crippen LogP contribution in [-0.4, -0.2) is 4.98 Å². The van der Waals surface area contributed by atoms with Gasteiger partial charge in [0.25, 0.3) is 6.43 Å². The lowest BCUT2D eigenvalue weighted by molar-refractivity contribution is 0.145. The van der Waals surface area contributed by atoms with E-state index in [2.05, 4.69) is 36.8 Å². The van der Waals surface area contributed by atoms with Gasteiger partial charge in [0.1, 0.15) is 5.82 Å². The SMILES string of the molecule is Fc1c(C(F)F)cnc(CBr)c1Br. The molecule has 1 heterocycles. The van der Waals surface area contributed by atoms with E-state index in [1.807, 2.05) is 0 Å². The smallest absolute Gasteiger partial charge is 0.259 e. The predicted octanol–water partition coefficient (Wildman–Crippen LogP) is 3.82. The Morgan fingerprint density at radius 2 is 2.08 bits per heavy atom. The molecule has 72 valence electrons. The molecule has 0 saturated heterocycles. The van der Waals surface area contributed by atoms with Crippen LogP contribution in [0.25, 0.3) is 0 Å². The third-order valence-corrected chi connectivity index (χ3v) is 2.76. The van der Waals surface area contributed by atoms with Crippen LogP contribution in [0.15, 0.2) is 10.7 Å². The van der Waals surface area contributed by atoms with Crippen molar-refractivity contribution in [3.8, 4) is 0 Å². The van der Waals surface area contributed by atoms with Crippen LogP contribution in [0.5, 0.6) is 0 Å². The number of rotatable bonds is 2. The minimum atomic E-state index is -2.84. The summed E-state index contributed by atoms with van der Waals surface area (Å²) >= 11 is 5.92. The second-order valence-corrected chi connectivity index (χ2v) is 3.58. The summed E-state index contributed by atoms with van der Waals surface area (Å²) in [5.41, 5.74) is -0.321. The second-order valence-electron chi connectivity index (χ2n) is 2.22. The summed E-state index contributed by atoms with van der Waals surface area (Å²) in [6.45, 7) is 0. The molecular formula is C7H4Br2F3N. The molecule has 1 aromatic rings. The van der Waals surface area contributed by atoms with Crippen LogP contribution in [0.4, 0.5) is 13.2 Å². The fourth-order valence-corrected chi connectivity index (χ4v) is 2.03. The van der Waals surface area contributed by atoms with Gasteiger partial charge in [-0.3, -0.25) is 4.98 Å². The molecule has 0 N–H and O–H groups in total. The highest BCUT2D eigenvalue weighted by atomic mass is 79.9. The molecule has 0 unspecified atom stereocenters. The maximum atomic E-state index is 13.1. The van der Waals surface area contributed by atoms with E-state index >= 15 is 0 Å². The van der Waals surface area contributed by atoms with E-state index in [0.717, 1.165) is 6.20 Å². The predicted molar refractivity (Wildman–Crippen MR) is 49.5 cm³/mol. The van der Waals surface area contributed by atoms with Crippen molar-refractivity contribution in [3.63, 3.8) is 0 Å². The van der Waals surface area contributed by atoms with Gasteiger partial charge in [0, 0.05) is 11.5 Å². The molecule has 0 aliphatic carbocycles. The Bertz CT molecular complexity index is 317. The maximum Gasteiger partial charge on any atom is 0.268 e. The highest BCUT2D eigenvalue weighted by molar-refractivity contribution is 9.10. The number of alkyl halides is 3. The number of aromatic nitrogens is 1. The Kier molecular flexibility index (Phi) is 3.73. The van der Waals surface area contributed by atoms with E-state index in [1.165, 1.54) is 0 Å². The highest BCUT2D eigenvalue weighted by Crippen LogP contribution is 2.28. The van der Waals surface area contributed by atoms with E-state index in [1.54, 1.807) is 0 Å². The van der Waals surface area contributed by atoms with Gasteiger partial charge in [-0.15, -0.1) is 0 Å². The molecule has 6 heteroatoms. The first-order valence-electron chi connectivity index (χ1n) is 3.24. The molecule has 0 aromatic carbocycles. The van der Waals surface area contributed by atoms with Crippen molar-refractivity contribution in [1.82, 2.24) is 4.98 Å². The summed E-state index contributed by atoms with van der Waals surface area (Å²) in [5.74, 6) is -0.945. The van der Waals surface area contributed by atoms with E-state index in [9.17, 15) is 13.2 Å². The fraction of sp³-hybridized carbons (Fsp3) is 0.286. The van der Waals surface area contributed by atoms with Crippen LogP contribution < -0.4 is 0 Å². The lowest BCUT2D eigenvalue weighted by Gasteiger charge is -2.05. The largest absolute Gasteiger partial charge is 0.268 e. The topological polar surface area (TPSA) is 12.9 Å². The van der Waals surface area contributed by atoms with Gasteiger partial charge in [-0.25, -0.2) is 13.2 Å². The molecule has 1 nitrogen and oxygen atoms in total. The van der Waals surface area contributed by atoms with Crippen LogP contribution in [0, 0.1) is 5.82 Å². The first-order valence-corrected chi connectivity index (χ1v) is 5.16. The van der Waals surface area contributed by atoms with Crippen LogP contribution in [0.2, 0.25) is 0 Å². The van der Waals surface area contributed by atoms with Crippen molar-refractivity contribution in [2.45, 2.75) is 11.8 Å². The molecule has 0 aliphatic rings. The summed E-state index contributed by atoms with van der Waals surface area (Å²) in [5, 5.41) is 0.314. The average molecular weight is 319 g/mol. The fourth-order valence-electron chi connectivity index (χ4n) is 0.760. The van der Waals surface area contributed by atoms with Gasteiger partial charge in [-0.05, 0) is 15.9 Å². The standard InChI is InChI=1S/C7H4Br2F3N/c8-1-4-5(9)6(10)3(2-13-4)7(11)12/h2,7H,1H2. The van der Waals surface area contributed by atoms with Crippen molar-refractivity contribution in [3.05, 3.63) is 27.7 Å². The van der Waals surface area contributed by atoms with Crippen molar-refractivity contribution in [2.75, 3.05) is 0 Å². The highest BCUT2D eigenvalue weighted by Gasteiger charge is 2.18. The Labute approximate surface area is 89.6 Å². The number of hydrogen-bond acceptors (Lipinski definition) is 1. The lowest BCUT2D eigenvalue weighted by atomic mass is 10.2. The maximum absolute atomic E-state index is 13.1. The zero-order valence-electron chi connectivity index (χ0n) is 6.20. The quantitative estimate of drug-likeness (QED) is 0.756. The Hall–Kier alpha value is -0.100. The Morgan fingerprint density at radius 1 is 1.46 bits per heavy atom. The molecule has 0 radical (unpaired) electrons. The molecular weight excluding hydrogens is 315 g/mol. The zero-order valence-corrected chi connectivity index (χ0v) is 9.37. The normalized spacial score (nSPS) is 10.9. The summed E-state index contributed by atoms with van der Waals surface area (Å²) in [6.07, 6.45) is -1.99. The van der Waals surface area contributed by atoms with Crippen molar-refractivity contribution in [1.29, 1.82) is 0 Å². The molecule has 0 amide bonds. The van der Waals surface area contributed by atoms with Gasteiger partial charge >= 0.3 is 0 Å². The van der Waals surface area contributed by atoms with Crippen molar-refractivity contribution in [2.24, 2.45) is 0 Å². The Balaban J connectivity index is 3.23. The minimum Gasteiger partial charge on any atom is -0.259 e. The minimum absolute atomic E-state index is 0.0119. The van der Waals surface area contributed by atoms with Crippen molar-refractivity contribution >= 4 is 31.9 Å². The zero-order chi connectivity index (χ0) is 10.0. The summed E-state index contributed by atoms with van der Waals surface area (Å²) in [7, 11) is 0. The molecule has 0 atom stereocenters. The van der Waals surface area contributed by atoms with Crippen LogP contribution >= 0.6 is 31.9 Å².